The monoisotopic (exact) mass is 435 g/mol. The van der Waals surface area contributed by atoms with Gasteiger partial charge in [0, 0.05) is 18.5 Å². The van der Waals surface area contributed by atoms with E-state index in [0.717, 1.165) is 37.7 Å². The third-order valence-corrected chi connectivity index (χ3v) is 7.13. The molecule has 1 atom stereocenters. The molecular weight excluding hydrogens is 406 g/mol. The van der Waals surface area contributed by atoms with Crippen molar-refractivity contribution in [3.63, 3.8) is 0 Å². The van der Waals surface area contributed by atoms with Gasteiger partial charge in [0.2, 0.25) is 5.91 Å². The molecule has 0 bridgehead atoms. The molecule has 1 aromatic heterocycles. The molecule has 2 N–H and O–H groups in total. The minimum atomic E-state index is -0.739. The van der Waals surface area contributed by atoms with Crippen LogP contribution in [0.2, 0.25) is 0 Å². The van der Waals surface area contributed by atoms with Crippen LogP contribution in [0.5, 0.6) is 0 Å². The van der Waals surface area contributed by atoms with Crippen molar-refractivity contribution < 1.29 is 14.4 Å². The lowest BCUT2D eigenvalue weighted by molar-refractivity contribution is -0.131. The van der Waals surface area contributed by atoms with Crippen LogP contribution in [-0.4, -0.2) is 44.6 Å². The van der Waals surface area contributed by atoms with Gasteiger partial charge in [-0.15, -0.1) is 0 Å². The summed E-state index contributed by atoms with van der Waals surface area (Å²) < 4.78 is 1.91. The van der Waals surface area contributed by atoms with Crippen molar-refractivity contribution >= 4 is 23.7 Å². The van der Waals surface area contributed by atoms with Crippen LogP contribution >= 0.6 is 0 Å². The van der Waals surface area contributed by atoms with Crippen molar-refractivity contribution in [2.75, 3.05) is 11.9 Å². The van der Waals surface area contributed by atoms with Crippen LogP contribution in [0, 0.1) is 6.92 Å². The van der Waals surface area contributed by atoms with Gasteiger partial charge in [-0.3, -0.25) is 14.5 Å². The van der Waals surface area contributed by atoms with Crippen LogP contribution in [-0.2, 0) is 16.0 Å². The molecule has 1 spiro atoms. The van der Waals surface area contributed by atoms with Gasteiger partial charge in [0.25, 0.3) is 5.91 Å². The minimum Gasteiger partial charge on any atom is -0.323 e. The lowest BCUT2D eigenvalue weighted by Gasteiger charge is -2.27. The molecule has 2 aromatic rings. The summed E-state index contributed by atoms with van der Waals surface area (Å²) in [6.45, 7) is 2.01. The van der Waals surface area contributed by atoms with E-state index in [9.17, 15) is 14.4 Å². The summed E-state index contributed by atoms with van der Waals surface area (Å²) in [6.07, 6.45) is 8.16. The number of nitrogens with zero attached hydrogens (tertiary/aromatic N) is 3. The van der Waals surface area contributed by atoms with E-state index in [1.54, 1.807) is 6.20 Å². The second kappa shape index (κ2) is 8.07. The van der Waals surface area contributed by atoms with E-state index in [-0.39, 0.29) is 36.9 Å². The van der Waals surface area contributed by atoms with Crippen molar-refractivity contribution in [2.45, 2.75) is 69.9 Å². The molecule has 1 aliphatic heterocycles. The average Bonchev–Trinajstić information content (AvgIpc) is 3.47. The largest absolute Gasteiger partial charge is 0.325 e. The maximum absolute atomic E-state index is 12.8. The standard InChI is InChI=1S/C24H29N5O3/c1-16-15-25-29(19-10-6-8-17-7-2-3-9-18(17)19)21(16)26-20(30)11-14-28-22(31)24(27-23(28)32)12-4-5-13-24/h2-3,7,9,15,19H,4-6,8,10-14H2,1H3,(H,26,30)(H,27,32). The summed E-state index contributed by atoms with van der Waals surface area (Å²) in [5.41, 5.74) is 2.73. The first-order valence-electron chi connectivity index (χ1n) is 11.5. The van der Waals surface area contributed by atoms with E-state index < -0.39 is 5.54 Å². The van der Waals surface area contributed by atoms with Gasteiger partial charge >= 0.3 is 6.03 Å². The van der Waals surface area contributed by atoms with E-state index >= 15 is 0 Å². The van der Waals surface area contributed by atoms with Gasteiger partial charge in [0.05, 0.1) is 12.2 Å². The second-order valence-corrected chi connectivity index (χ2v) is 9.20. The number of amides is 4. The fourth-order valence-electron chi connectivity index (χ4n) is 5.43. The van der Waals surface area contributed by atoms with E-state index in [4.69, 9.17) is 0 Å². The van der Waals surface area contributed by atoms with Crippen LogP contribution in [0.1, 0.15) is 67.7 Å². The number of aromatic nitrogens is 2. The number of benzene rings is 1. The van der Waals surface area contributed by atoms with Crippen molar-refractivity contribution in [1.29, 1.82) is 0 Å². The Labute approximate surface area is 187 Å². The number of aryl methyl sites for hydroxylation is 2. The number of urea groups is 1. The minimum absolute atomic E-state index is 0.0567. The Hall–Kier alpha value is -3.16. The number of hydrogen-bond acceptors (Lipinski definition) is 4. The third kappa shape index (κ3) is 3.47. The predicted molar refractivity (Wildman–Crippen MR) is 119 cm³/mol. The number of carbonyl (C=O) groups is 3. The molecule has 32 heavy (non-hydrogen) atoms. The molecule has 1 aromatic carbocycles. The SMILES string of the molecule is Cc1cnn(C2CCCc3ccccc32)c1NC(=O)CCN1C(=O)NC2(CCCC2)C1=O. The Kier molecular flexibility index (Phi) is 5.23. The molecule has 5 rings (SSSR count). The van der Waals surface area contributed by atoms with Crippen LogP contribution in [0.15, 0.2) is 30.5 Å². The summed E-state index contributed by atoms with van der Waals surface area (Å²) in [7, 11) is 0. The zero-order valence-electron chi connectivity index (χ0n) is 18.4. The number of nitrogens with one attached hydrogen (secondary N) is 2. The van der Waals surface area contributed by atoms with Crippen molar-refractivity contribution in [3.05, 3.63) is 47.2 Å². The normalized spacial score (nSPS) is 21.7. The highest BCUT2D eigenvalue weighted by atomic mass is 16.2. The highest BCUT2D eigenvalue weighted by molar-refractivity contribution is 6.07. The molecule has 1 unspecified atom stereocenters. The maximum Gasteiger partial charge on any atom is 0.325 e. The molecule has 3 aliphatic rings. The third-order valence-electron chi connectivity index (χ3n) is 7.13. The molecule has 168 valence electrons. The topological polar surface area (TPSA) is 96.3 Å². The van der Waals surface area contributed by atoms with Crippen LogP contribution in [0.25, 0.3) is 0 Å². The highest BCUT2D eigenvalue weighted by Crippen LogP contribution is 2.36. The van der Waals surface area contributed by atoms with Crippen molar-refractivity contribution in [1.82, 2.24) is 20.0 Å². The molecule has 1 saturated carbocycles. The Morgan fingerprint density at radius 3 is 2.81 bits per heavy atom. The van der Waals surface area contributed by atoms with Gasteiger partial charge < -0.3 is 10.6 Å². The lowest BCUT2D eigenvalue weighted by Crippen LogP contribution is -2.44. The van der Waals surface area contributed by atoms with Gasteiger partial charge in [0.15, 0.2) is 0 Å². The second-order valence-electron chi connectivity index (χ2n) is 9.20. The van der Waals surface area contributed by atoms with Gasteiger partial charge in [-0.2, -0.15) is 5.10 Å². The van der Waals surface area contributed by atoms with Gasteiger partial charge in [-0.25, -0.2) is 9.48 Å². The Balaban J connectivity index is 1.28. The number of imide groups is 1. The molecule has 1 saturated heterocycles. The average molecular weight is 436 g/mol. The molecule has 2 aliphatic carbocycles. The van der Waals surface area contributed by atoms with Crippen molar-refractivity contribution in [3.8, 4) is 0 Å². The number of anilines is 1. The van der Waals surface area contributed by atoms with E-state index in [2.05, 4.69) is 33.9 Å². The predicted octanol–water partition coefficient (Wildman–Crippen LogP) is 3.31. The Morgan fingerprint density at radius 1 is 1.22 bits per heavy atom. The van der Waals surface area contributed by atoms with E-state index in [1.807, 2.05) is 17.7 Å². The van der Waals surface area contributed by atoms with Crippen LogP contribution < -0.4 is 10.6 Å². The van der Waals surface area contributed by atoms with Crippen LogP contribution in [0.3, 0.4) is 0 Å². The van der Waals surface area contributed by atoms with E-state index in [1.165, 1.54) is 16.0 Å². The molecular formula is C24H29N5O3. The molecule has 2 heterocycles. The Morgan fingerprint density at radius 2 is 2.00 bits per heavy atom. The molecule has 8 nitrogen and oxygen atoms in total. The highest BCUT2D eigenvalue weighted by Gasteiger charge is 2.52. The summed E-state index contributed by atoms with van der Waals surface area (Å²) in [5.74, 6) is 0.265. The first-order chi connectivity index (χ1) is 15.5. The first-order valence-corrected chi connectivity index (χ1v) is 11.5. The number of fused-ring (bicyclic) bond motifs is 1. The maximum atomic E-state index is 12.8. The summed E-state index contributed by atoms with van der Waals surface area (Å²) in [4.78, 5) is 39.2. The Bertz CT molecular complexity index is 1070. The quantitative estimate of drug-likeness (QED) is 0.704. The number of carbonyl (C=O) groups excluding carboxylic acids is 3. The fraction of sp³-hybridized carbons (Fsp3) is 0.500. The lowest BCUT2D eigenvalue weighted by atomic mass is 9.88. The molecule has 2 fully saturated rings. The zero-order chi connectivity index (χ0) is 22.3. The molecule has 4 amide bonds. The molecule has 8 heteroatoms. The van der Waals surface area contributed by atoms with Gasteiger partial charge in [-0.05, 0) is 50.2 Å². The van der Waals surface area contributed by atoms with Crippen LogP contribution in [0.4, 0.5) is 10.6 Å². The summed E-state index contributed by atoms with van der Waals surface area (Å²) in [5, 5.41) is 10.4. The first kappa shape index (κ1) is 20.7. The van der Waals surface area contributed by atoms with Gasteiger partial charge in [0.1, 0.15) is 11.4 Å². The zero-order valence-corrected chi connectivity index (χ0v) is 18.4. The smallest absolute Gasteiger partial charge is 0.323 e. The summed E-state index contributed by atoms with van der Waals surface area (Å²) >= 11 is 0. The number of rotatable bonds is 5. The number of hydrogen-bond donors (Lipinski definition) is 2. The molecule has 0 radical (unpaired) electrons. The van der Waals surface area contributed by atoms with Crippen molar-refractivity contribution in [2.24, 2.45) is 0 Å². The van der Waals surface area contributed by atoms with E-state index in [0.29, 0.717) is 18.7 Å². The van der Waals surface area contributed by atoms with Gasteiger partial charge in [-0.1, -0.05) is 37.1 Å². The fourth-order valence-corrected chi connectivity index (χ4v) is 5.43. The summed E-state index contributed by atoms with van der Waals surface area (Å²) in [6, 6.07) is 8.09.